The van der Waals surface area contributed by atoms with Gasteiger partial charge in [0, 0.05) is 12.6 Å². The van der Waals surface area contributed by atoms with Gasteiger partial charge in [-0.15, -0.1) is 0 Å². The van der Waals surface area contributed by atoms with Gasteiger partial charge in [-0.2, -0.15) is 0 Å². The average Bonchev–Trinajstić information content (AvgIpc) is 2.70. The molecule has 0 spiro atoms. The molecule has 5 heteroatoms. The molecule has 0 aliphatic carbocycles. The average molecular weight is 242 g/mol. The molecule has 17 heavy (non-hydrogen) atoms. The minimum Gasteiger partial charge on any atom is -0.331 e. The van der Waals surface area contributed by atoms with Crippen molar-refractivity contribution < 1.29 is 0 Å². The maximum absolute atomic E-state index is 5.17. The zero-order valence-corrected chi connectivity index (χ0v) is 10.0. The highest BCUT2D eigenvalue weighted by molar-refractivity contribution is 7.71. The molecule has 3 rings (SSSR count). The number of hydrogen-bond donors (Lipinski definition) is 1. The van der Waals surface area contributed by atoms with Crippen LogP contribution in [0, 0.1) is 4.64 Å². The molecule has 0 amide bonds. The van der Waals surface area contributed by atoms with Crippen LogP contribution in [-0.2, 0) is 7.05 Å². The van der Waals surface area contributed by atoms with Gasteiger partial charge < -0.3 is 9.55 Å². The van der Waals surface area contributed by atoms with E-state index in [1.807, 2.05) is 41.9 Å². The van der Waals surface area contributed by atoms with Crippen LogP contribution in [0.5, 0.6) is 0 Å². The normalized spacial score (nSPS) is 10.9. The number of aromatic nitrogens is 4. The van der Waals surface area contributed by atoms with Crippen LogP contribution in [0.1, 0.15) is 0 Å². The van der Waals surface area contributed by atoms with Crippen molar-refractivity contribution in [1.82, 2.24) is 19.5 Å². The number of nitrogens with one attached hydrogen (secondary N) is 1. The Morgan fingerprint density at radius 3 is 2.71 bits per heavy atom. The van der Waals surface area contributed by atoms with E-state index >= 15 is 0 Å². The summed E-state index contributed by atoms with van der Waals surface area (Å²) in [4.78, 5) is 11.7. The topological polar surface area (TPSA) is 46.5 Å². The van der Waals surface area contributed by atoms with E-state index in [1.165, 1.54) is 0 Å². The molecule has 4 nitrogen and oxygen atoms in total. The molecule has 2 aromatic heterocycles. The number of aromatic amines is 1. The van der Waals surface area contributed by atoms with Crippen molar-refractivity contribution in [2.24, 2.45) is 7.05 Å². The summed E-state index contributed by atoms with van der Waals surface area (Å²) >= 11 is 5.17. The van der Waals surface area contributed by atoms with E-state index in [2.05, 4.69) is 15.0 Å². The first-order chi connectivity index (χ1) is 8.27. The molecule has 0 unspecified atom stereocenters. The van der Waals surface area contributed by atoms with Crippen LogP contribution in [0.15, 0.2) is 36.7 Å². The van der Waals surface area contributed by atoms with E-state index in [-0.39, 0.29) is 0 Å². The molecule has 0 aliphatic heterocycles. The molecule has 1 aromatic carbocycles. The third-order valence-electron chi connectivity index (χ3n) is 2.71. The van der Waals surface area contributed by atoms with E-state index in [1.54, 1.807) is 6.33 Å². The first kappa shape index (κ1) is 10.2. The summed E-state index contributed by atoms with van der Waals surface area (Å²) in [6.45, 7) is 0. The summed E-state index contributed by atoms with van der Waals surface area (Å²) in [5, 5.41) is 0. The lowest BCUT2D eigenvalue weighted by Crippen LogP contribution is -1.93. The van der Waals surface area contributed by atoms with Crippen LogP contribution in [0.25, 0.3) is 22.6 Å². The van der Waals surface area contributed by atoms with Crippen LogP contribution in [0.4, 0.5) is 0 Å². The Hall–Kier alpha value is -2.01. The largest absolute Gasteiger partial charge is 0.331 e. The van der Waals surface area contributed by atoms with E-state index in [0.29, 0.717) is 4.64 Å². The minimum atomic E-state index is 0.525. The van der Waals surface area contributed by atoms with Crippen molar-refractivity contribution in [3.63, 3.8) is 0 Å². The Balaban J connectivity index is 2.36. The number of imidazole rings is 1. The molecule has 0 saturated heterocycles. The lowest BCUT2D eigenvalue weighted by molar-refractivity contribution is 0.938. The fourth-order valence-electron chi connectivity index (χ4n) is 1.87. The molecule has 0 radical (unpaired) electrons. The monoisotopic (exact) mass is 242 g/mol. The molecule has 0 bridgehead atoms. The first-order valence-corrected chi connectivity index (χ1v) is 5.64. The van der Waals surface area contributed by atoms with Gasteiger partial charge in [0.05, 0.1) is 6.33 Å². The molecular weight excluding hydrogens is 232 g/mol. The van der Waals surface area contributed by atoms with Crippen LogP contribution in [0.3, 0.4) is 0 Å². The Morgan fingerprint density at radius 1 is 1.24 bits per heavy atom. The number of hydrogen-bond acceptors (Lipinski definition) is 3. The Bertz CT molecular complexity index is 727. The molecule has 1 N–H and O–H groups in total. The highest BCUT2D eigenvalue weighted by Gasteiger charge is 2.10. The van der Waals surface area contributed by atoms with Crippen molar-refractivity contribution in [2.45, 2.75) is 0 Å². The third kappa shape index (κ3) is 1.55. The third-order valence-corrected chi connectivity index (χ3v) is 3.01. The molecular formula is C12H10N4S. The fraction of sp³-hybridized carbons (Fsp3) is 0.0833. The summed E-state index contributed by atoms with van der Waals surface area (Å²) in [6.07, 6.45) is 1.60. The lowest BCUT2D eigenvalue weighted by atomic mass is 10.2. The maximum Gasteiger partial charge on any atom is 0.157 e. The second-order valence-electron chi connectivity index (χ2n) is 3.77. The summed E-state index contributed by atoms with van der Waals surface area (Å²) in [6, 6.07) is 10.0. The predicted octanol–water partition coefficient (Wildman–Crippen LogP) is 2.69. The Kier molecular flexibility index (Phi) is 2.26. The number of H-pyrrole nitrogens is 1. The second-order valence-corrected chi connectivity index (χ2v) is 4.15. The van der Waals surface area contributed by atoms with Gasteiger partial charge in [0.15, 0.2) is 4.64 Å². The van der Waals surface area contributed by atoms with Crippen molar-refractivity contribution in [3.05, 3.63) is 41.3 Å². The van der Waals surface area contributed by atoms with Crippen molar-refractivity contribution >= 4 is 23.4 Å². The van der Waals surface area contributed by atoms with Crippen LogP contribution < -0.4 is 0 Å². The summed E-state index contributed by atoms with van der Waals surface area (Å²) in [5.74, 6) is 0.885. The van der Waals surface area contributed by atoms with Gasteiger partial charge in [0.1, 0.15) is 17.0 Å². The Labute approximate surface area is 103 Å². The number of rotatable bonds is 1. The standard InChI is InChI=1S/C12H10N4S/c1-16-10(8-5-3-2-4-6-8)15-9-11(16)13-7-14-12(9)17/h2-7H,1H3,(H,13,14,17). The predicted molar refractivity (Wildman–Crippen MR) is 69.1 cm³/mol. The molecule has 0 saturated carbocycles. The van der Waals surface area contributed by atoms with E-state index < -0.39 is 0 Å². The molecule has 2 heterocycles. The van der Waals surface area contributed by atoms with Crippen LogP contribution in [0.2, 0.25) is 0 Å². The van der Waals surface area contributed by atoms with Gasteiger partial charge in [0.2, 0.25) is 0 Å². The summed E-state index contributed by atoms with van der Waals surface area (Å²) in [5.41, 5.74) is 2.70. The number of aryl methyl sites for hydroxylation is 1. The zero-order valence-electron chi connectivity index (χ0n) is 9.21. The van der Waals surface area contributed by atoms with Gasteiger partial charge in [-0.3, -0.25) is 0 Å². The molecule has 0 fully saturated rings. The van der Waals surface area contributed by atoms with Gasteiger partial charge in [0.25, 0.3) is 0 Å². The lowest BCUT2D eigenvalue weighted by Gasteiger charge is -2.01. The zero-order chi connectivity index (χ0) is 11.8. The quantitative estimate of drug-likeness (QED) is 0.667. The maximum atomic E-state index is 5.17. The SMILES string of the molecule is Cn1c(-c2ccccc2)nc2c(=S)nc[nH]c21. The van der Waals surface area contributed by atoms with Crippen molar-refractivity contribution in [3.8, 4) is 11.4 Å². The molecule has 0 aliphatic rings. The van der Waals surface area contributed by atoms with Gasteiger partial charge in [-0.05, 0) is 0 Å². The Morgan fingerprint density at radius 2 is 2.00 bits per heavy atom. The fourth-order valence-corrected chi connectivity index (χ4v) is 2.07. The van der Waals surface area contributed by atoms with Gasteiger partial charge in [-0.1, -0.05) is 42.5 Å². The molecule has 0 atom stereocenters. The van der Waals surface area contributed by atoms with Crippen LogP contribution >= 0.6 is 12.2 Å². The number of fused-ring (bicyclic) bond motifs is 1. The summed E-state index contributed by atoms with van der Waals surface area (Å²) in [7, 11) is 1.96. The second kappa shape index (κ2) is 3.78. The first-order valence-electron chi connectivity index (χ1n) is 5.23. The smallest absolute Gasteiger partial charge is 0.157 e. The van der Waals surface area contributed by atoms with Crippen molar-refractivity contribution in [2.75, 3.05) is 0 Å². The van der Waals surface area contributed by atoms with Gasteiger partial charge in [-0.25, -0.2) is 9.97 Å². The summed E-state index contributed by atoms with van der Waals surface area (Å²) < 4.78 is 2.51. The minimum absolute atomic E-state index is 0.525. The molecule has 84 valence electrons. The highest BCUT2D eigenvalue weighted by atomic mass is 32.1. The highest BCUT2D eigenvalue weighted by Crippen LogP contribution is 2.21. The van der Waals surface area contributed by atoms with E-state index in [9.17, 15) is 0 Å². The van der Waals surface area contributed by atoms with Gasteiger partial charge >= 0.3 is 0 Å². The molecule has 3 aromatic rings. The number of benzene rings is 1. The van der Waals surface area contributed by atoms with Crippen LogP contribution in [-0.4, -0.2) is 19.5 Å². The van der Waals surface area contributed by atoms with E-state index in [0.717, 1.165) is 22.6 Å². The van der Waals surface area contributed by atoms with Crippen molar-refractivity contribution in [1.29, 1.82) is 0 Å². The van der Waals surface area contributed by atoms with E-state index in [4.69, 9.17) is 12.2 Å². The number of nitrogens with zero attached hydrogens (tertiary/aromatic N) is 3.